The van der Waals surface area contributed by atoms with E-state index in [-0.39, 0.29) is 0 Å². The highest BCUT2D eigenvalue weighted by atomic mass is 16.8. The van der Waals surface area contributed by atoms with Crippen LogP contribution in [-0.2, 0) is 14.2 Å². The molecule has 0 N–H and O–H groups in total. The molecule has 1 aliphatic carbocycles. The molecule has 0 aromatic rings. The number of carbonyl (C=O) groups excluding carboxylic acids is 1. The highest BCUT2D eigenvalue weighted by molar-refractivity contribution is 5.60. The van der Waals surface area contributed by atoms with E-state index >= 15 is 0 Å². The first-order chi connectivity index (χ1) is 10.7. The minimum Gasteiger partial charge on any atom is -0.435 e. The van der Waals surface area contributed by atoms with Gasteiger partial charge >= 0.3 is 6.16 Å². The number of carbonyl (C=O) groups is 1. The van der Waals surface area contributed by atoms with E-state index in [1.165, 1.54) is 64.2 Å². The molecule has 0 spiro atoms. The lowest BCUT2D eigenvalue weighted by Crippen LogP contribution is -2.22. The number of rotatable bonds is 10. The molecule has 4 heteroatoms. The average molecular weight is 312 g/mol. The predicted molar refractivity (Wildman–Crippen MR) is 85.7 cm³/mol. The van der Waals surface area contributed by atoms with Crippen molar-refractivity contribution in [1.29, 1.82) is 0 Å². The molecule has 1 saturated carbocycles. The molecule has 2 fully saturated rings. The SMILES string of the molecule is CCOC(=O)OC1(CCCCCCCC2CCCCC2)CO1. The molecule has 2 aliphatic rings. The lowest BCUT2D eigenvalue weighted by atomic mass is 9.85. The first-order valence-electron chi connectivity index (χ1n) is 9.24. The van der Waals surface area contributed by atoms with E-state index in [4.69, 9.17) is 14.2 Å². The maximum absolute atomic E-state index is 11.3. The third-order valence-electron chi connectivity index (χ3n) is 4.89. The molecule has 22 heavy (non-hydrogen) atoms. The van der Waals surface area contributed by atoms with Crippen LogP contribution in [-0.4, -0.2) is 25.2 Å². The molecule has 1 heterocycles. The molecule has 2 rings (SSSR count). The fourth-order valence-electron chi connectivity index (χ4n) is 3.47. The zero-order chi connectivity index (χ0) is 15.7. The molecule has 1 aliphatic heterocycles. The second-order valence-electron chi connectivity index (χ2n) is 6.79. The molecule has 1 saturated heterocycles. The zero-order valence-electron chi connectivity index (χ0n) is 14.1. The van der Waals surface area contributed by atoms with Crippen molar-refractivity contribution in [1.82, 2.24) is 0 Å². The Balaban J connectivity index is 1.43. The van der Waals surface area contributed by atoms with Crippen molar-refractivity contribution < 1.29 is 19.0 Å². The average Bonchev–Trinajstić information content (AvgIpc) is 3.27. The number of epoxide rings is 1. The summed E-state index contributed by atoms with van der Waals surface area (Å²) in [4.78, 5) is 11.3. The minimum atomic E-state index is -0.658. The van der Waals surface area contributed by atoms with E-state index < -0.39 is 11.9 Å². The molecule has 4 nitrogen and oxygen atoms in total. The van der Waals surface area contributed by atoms with Crippen LogP contribution in [0, 0.1) is 5.92 Å². The van der Waals surface area contributed by atoms with Gasteiger partial charge in [-0.3, -0.25) is 0 Å². The van der Waals surface area contributed by atoms with Gasteiger partial charge in [0.1, 0.15) is 6.61 Å². The minimum absolute atomic E-state index is 0.343. The third kappa shape index (κ3) is 6.55. The highest BCUT2D eigenvalue weighted by Crippen LogP contribution is 2.35. The van der Waals surface area contributed by atoms with E-state index in [1.54, 1.807) is 6.92 Å². The van der Waals surface area contributed by atoms with Crippen LogP contribution in [0.15, 0.2) is 0 Å². The fourth-order valence-corrected chi connectivity index (χ4v) is 3.47. The van der Waals surface area contributed by atoms with Gasteiger partial charge < -0.3 is 14.2 Å². The Hall–Kier alpha value is -0.770. The Morgan fingerprint density at radius 1 is 1.09 bits per heavy atom. The van der Waals surface area contributed by atoms with Gasteiger partial charge in [-0.2, -0.15) is 0 Å². The van der Waals surface area contributed by atoms with Gasteiger partial charge in [-0.05, 0) is 19.3 Å². The highest BCUT2D eigenvalue weighted by Gasteiger charge is 2.49. The molecule has 0 amide bonds. The predicted octanol–water partition coefficient (Wildman–Crippen LogP) is 5.20. The molecular formula is C18H32O4. The Morgan fingerprint density at radius 2 is 1.77 bits per heavy atom. The van der Waals surface area contributed by atoms with Crippen LogP contribution in [0.1, 0.15) is 84.0 Å². The molecule has 0 aromatic carbocycles. The standard InChI is InChI=1S/C18H32O4/c1-2-20-17(19)22-18(15-21-18)14-10-5-3-4-7-11-16-12-8-6-9-13-16/h16H,2-15H2,1H3. The van der Waals surface area contributed by atoms with Gasteiger partial charge in [-0.1, -0.05) is 64.2 Å². The molecule has 128 valence electrons. The van der Waals surface area contributed by atoms with E-state index in [9.17, 15) is 4.79 Å². The van der Waals surface area contributed by atoms with E-state index in [0.717, 1.165) is 18.8 Å². The normalized spacial score (nSPS) is 25.0. The zero-order valence-corrected chi connectivity index (χ0v) is 14.1. The van der Waals surface area contributed by atoms with E-state index in [0.29, 0.717) is 13.2 Å². The summed E-state index contributed by atoms with van der Waals surface area (Å²) in [5.41, 5.74) is 0. The van der Waals surface area contributed by atoms with Gasteiger partial charge in [0.05, 0.1) is 6.61 Å². The van der Waals surface area contributed by atoms with Crippen LogP contribution in [0.4, 0.5) is 4.79 Å². The maximum atomic E-state index is 11.3. The topological polar surface area (TPSA) is 48.1 Å². The third-order valence-corrected chi connectivity index (χ3v) is 4.89. The summed E-state index contributed by atoms with van der Waals surface area (Å²) >= 11 is 0. The van der Waals surface area contributed by atoms with Crippen molar-refractivity contribution in [3.05, 3.63) is 0 Å². The van der Waals surface area contributed by atoms with Gasteiger partial charge in [0, 0.05) is 6.42 Å². The summed E-state index contributed by atoms with van der Waals surface area (Å²) in [6.45, 7) is 2.64. The van der Waals surface area contributed by atoms with Crippen LogP contribution >= 0.6 is 0 Å². The Labute approximate surface area is 134 Å². The summed E-state index contributed by atoms with van der Waals surface area (Å²) in [5, 5.41) is 0. The van der Waals surface area contributed by atoms with Gasteiger partial charge in [0.25, 0.3) is 0 Å². The first kappa shape index (κ1) is 17.6. The summed E-state index contributed by atoms with van der Waals surface area (Å²) in [5.74, 6) is 0.351. The lowest BCUT2D eigenvalue weighted by Gasteiger charge is -2.21. The van der Waals surface area contributed by atoms with Crippen molar-refractivity contribution in [2.45, 2.75) is 89.8 Å². The quantitative estimate of drug-likeness (QED) is 0.316. The van der Waals surface area contributed by atoms with Gasteiger partial charge in [-0.15, -0.1) is 0 Å². The molecule has 0 bridgehead atoms. The Kier molecular flexibility index (Phi) is 7.50. The molecule has 1 atom stereocenters. The molecular weight excluding hydrogens is 280 g/mol. The van der Waals surface area contributed by atoms with Gasteiger partial charge in [0.2, 0.25) is 5.79 Å². The Morgan fingerprint density at radius 3 is 2.45 bits per heavy atom. The van der Waals surface area contributed by atoms with Crippen molar-refractivity contribution in [3.63, 3.8) is 0 Å². The van der Waals surface area contributed by atoms with Crippen LogP contribution in [0.2, 0.25) is 0 Å². The van der Waals surface area contributed by atoms with Crippen molar-refractivity contribution in [2.75, 3.05) is 13.2 Å². The number of ether oxygens (including phenoxy) is 3. The van der Waals surface area contributed by atoms with Crippen LogP contribution in [0.25, 0.3) is 0 Å². The fraction of sp³-hybridized carbons (Fsp3) is 0.944. The lowest BCUT2D eigenvalue weighted by molar-refractivity contribution is -0.0381. The monoisotopic (exact) mass is 312 g/mol. The second-order valence-corrected chi connectivity index (χ2v) is 6.79. The van der Waals surface area contributed by atoms with Crippen molar-refractivity contribution in [2.24, 2.45) is 5.92 Å². The summed E-state index contributed by atoms with van der Waals surface area (Å²) in [6.07, 6.45) is 15.2. The molecule has 0 radical (unpaired) electrons. The van der Waals surface area contributed by atoms with Crippen molar-refractivity contribution >= 4 is 6.16 Å². The van der Waals surface area contributed by atoms with Crippen LogP contribution < -0.4 is 0 Å². The van der Waals surface area contributed by atoms with Gasteiger partial charge in [-0.25, -0.2) is 4.79 Å². The number of unbranched alkanes of at least 4 members (excludes halogenated alkanes) is 4. The van der Waals surface area contributed by atoms with Crippen LogP contribution in [0.3, 0.4) is 0 Å². The summed E-state index contributed by atoms with van der Waals surface area (Å²) in [7, 11) is 0. The van der Waals surface area contributed by atoms with Crippen LogP contribution in [0.5, 0.6) is 0 Å². The van der Waals surface area contributed by atoms with E-state index in [1.807, 2.05) is 0 Å². The Bertz CT molecular complexity index is 319. The molecule has 0 aromatic heterocycles. The van der Waals surface area contributed by atoms with E-state index in [2.05, 4.69) is 0 Å². The van der Waals surface area contributed by atoms with Gasteiger partial charge in [0.15, 0.2) is 0 Å². The molecule has 1 unspecified atom stereocenters. The first-order valence-corrected chi connectivity index (χ1v) is 9.24. The second kappa shape index (κ2) is 9.39. The van der Waals surface area contributed by atoms with Crippen molar-refractivity contribution in [3.8, 4) is 0 Å². The smallest absolute Gasteiger partial charge is 0.435 e. The summed E-state index contributed by atoms with van der Waals surface area (Å²) < 4.78 is 15.3. The number of hydrogen-bond acceptors (Lipinski definition) is 4. The maximum Gasteiger partial charge on any atom is 0.510 e. The largest absolute Gasteiger partial charge is 0.510 e. The number of hydrogen-bond donors (Lipinski definition) is 0. The summed E-state index contributed by atoms with van der Waals surface area (Å²) in [6, 6.07) is 0.